The third-order valence-corrected chi connectivity index (χ3v) is 8.61. The van der Waals surface area contributed by atoms with Crippen molar-refractivity contribution in [2.45, 2.75) is 87.7 Å². The van der Waals surface area contributed by atoms with Gasteiger partial charge in [-0.2, -0.15) is 0 Å². The quantitative estimate of drug-likeness (QED) is 0.162. The second kappa shape index (κ2) is 14.9. The lowest BCUT2D eigenvalue weighted by molar-refractivity contribution is -0.143. The van der Waals surface area contributed by atoms with Crippen LogP contribution in [-0.4, -0.2) is 68.0 Å². The summed E-state index contributed by atoms with van der Waals surface area (Å²) in [7, 11) is -4.30. The molecule has 13 nitrogen and oxygen atoms in total. The highest BCUT2D eigenvalue weighted by Gasteiger charge is 2.44. The minimum absolute atomic E-state index is 0.263. The third-order valence-electron chi connectivity index (χ3n) is 7.83. The molecule has 0 aromatic heterocycles. The number of aliphatic hydroxyl groups excluding tert-OH is 1. The van der Waals surface area contributed by atoms with E-state index in [9.17, 15) is 43.7 Å². The van der Waals surface area contributed by atoms with Gasteiger partial charge < -0.3 is 36.4 Å². The summed E-state index contributed by atoms with van der Waals surface area (Å²) >= 11 is 0. The number of allylic oxidation sites excluding steroid dienone is 2. The molecule has 3 amide bonds. The molecule has 1 unspecified atom stereocenters. The summed E-state index contributed by atoms with van der Waals surface area (Å²) in [5.74, 6) is -4.85. The van der Waals surface area contributed by atoms with Gasteiger partial charge >= 0.3 is 13.6 Å². The van der Waals surface area contributed by atoms with Gasteiger partial charge in [0.1, 0.15) is 6.23 Å². The van der Waals surface area contributed by atoms with Crippen LogP contribution in [0, 0.1) is 5.92 Å². The Kier molecular flexibility index (Phi) is 11.8. The lowest BCUT2D eigenvalue weighted by Gasteiger charge is -2.44. The SMILES string of the molecule is NC(=O)C[C@@H]1NC(O)C2(CCCCC2)NC(=O)[C@@H](CC(=O)O)[C@@H](c2ccc(CP(=O)(O)O)cc2)/C=C/CCCNC1=O. The number of carbonyl (C=O) groups excluding carboxylic acids is 3. The smallest absolute Gasteiger partial charge is 0.329 e. The van der Waals surface area contributed by atoms with Crippen LogP contribution < -0.4 is 21.7 Å². The number of carboxylic acid groups (broad SMARTS) is 1. The first-order valence-corrected chi connectivity index (χ1v) is 15.9. The predicted molar refractivity (Wildman–Crippen MR) is 153 cm³/mol. The van der Waals surface area contributed by atoms with Crippen LogP contribution in [0.3, 0.4) is 0 Å². The van der Waals surface area contributed by atoms with E-state index < -0.39 is 73.5 Å². The van der Waals surface area contributed by atoms with Crippen LogP contribution in [0.1, 0.15) is 74.8 Å². The molecule has 0 bridgehead atoms. The second-order valence-corrected chi connectivity index (χ2v) is 12.8. The average Bonchev–Trinajstić information content (AvgIpc) is 2.90. The van der Waals surface area contributed by atoms with Crippen molar-refractivity contribution < 1.29 is 43.7 Å². The molecule has 3 rings (SSSR count). The molecular formula is C28H41N4O9P. The molecule has 1 aliphatic heterocycles. The number of hydrogen-bond donors (Lipinski definition) is 8. The molecule has 1 aromatic carbocycles. The molecule has 1 spiro atoms. The second-order valence-electron chi connectivity index (χ2n) is 11.2. The normalized spacial score (nSPS) is 26.7. The van der Waals surface area contributed by atoms with E-state index in [2.05, 4.69) is 16.0 Å². The molecule has 4 atom stereocenters. The molecule has 2 aliphatic rings. The number of amides is 3. The number of benzene rings is 1. The lowest BCUT2D eigenvalue weighted by Crippen LogP contribution is -2.66. The van der Waals surface area contributed by atoms with Gasteiger partial charge in [0.25, 0.3) is 0 Å². The summed E-state index contributed by atoms with van der Waals surface area (Å²) < 4.78 is 11.5. The van der Waals surface area contributed by atoms with Crippen LogP contribution in [0.25, 0.3) is 0 Å². The van der Waals surface area contributed by atoms with E-state index in [4.69, 9.17) is 5.73 Å². The minimum Gasteiger partial charge on any atom is -0.481 e. The Labute approximate surface area is 244 Å². The maximum Gasteiger partial charge on any atom is 0.329 e. The third kappa shape index (κ3) is 9.74. The largest absolute Gasteiger partial charge is 0.481 e. The van der Waals surface area contributed by atoms with Crippen LogP contribution in [0.5, 0.6) is 0 Å². The van der Waals surface area contributed by atoms with Crippen molar-refractivity contribution in [2.75, 3.05) is 6.54 Å². The van der Waals surface area contributed by atoms with Crippen LogP contribution in [-0.2, 0) is 29.9 Å². The molecule has 0 saturated heterocycles. The van der Waals surface area contributed by atoms with E-state index in [0.29, 0.717) is 49.7 Å². The first-order chi connectivity index (χ1) is 19.8. The van der Waals surface area contributed by atoms with E-state index >= 15 is 0 Å². The Morgan fingerprint density at radius 3 is 2.26 bits per heavy atom. The number of aliphatic hydroxyl groups is 1. The number of carbonyl (C=O) groups is 4. The highest BCUT2D eigenvalue weighted by molar-refractivity contribution is 7.50. The predicted octanol–water partition coefficient (Wildman–Crippen LogP) is 0.976. The summed E-state index contributed by atoms with van der Waals surface area (Å²) in [4.78, 5) is 69.2. The number of primary amides is 1. The molecule has 42 heavy (non-hydrogen) atoms. The fourth-order valence-electron chi connectivity index (χ4n) is 5.70. The van der Waals surface area contributed by atoms with E-state index in [1.54, 1.807) is 24.3 Å². The molecule has 1 saturated carbocycles. The van der Waals surface area contributed by atoms with Gasteiger partial charge in [0.05, 0.1) is 36.5 Å². The maximum atomic E-state index is 14.0. The first-order valence-electron chi connectivity index (χ1n) is 14.1. The molecule has 9 N–H and O–H groups in total. The number of hydrogen-bond acceptors (Lipinski definition) is 7. The summed E-state index contributed by atoms with van der Waals surface area (Å²) in [6, 6.07) is 5.19. The van der Waals surface area contributed by atoms with Gasteiger partial charge in [-0.15, -0.1) is 0 Å². The Bertz CT molecular complexity index is 1190. The number of carboxylic acids is 1. The molecule has 0 radical (unpaired) electrons. The zero-order chi connectivity index (χ0) is 30.9. The standard InChI is InChI=1S/C28H41N4O9P/c29-23(33)16-22-26(37)30-14-6-1-3-7-20(19-10-8-18(9-11-19)17-42(39,40)41)21(15-24(34)35)25(36)32-28(27(38)31-22)12-4-2-5-13-28/h3,7-11,20-22,27,31,38H,1-2,4-6,12-17H2,(H2,29,33)(H,30,37)(H,32,36)(H,34,35)(H2,39,40,41)/b7-3+/t20-,21+,22+,27?/m1/s1. The van der Waals surface area contributed by atoms with Crippen LogP contribution in [0.15, 0.2) is 36.4 Å². The van der Waals surface area contributed by atoms with Crippen molar-refractivity contribution in [3.63, 3.8) is 0 Å². The number of aliphatic carboxylic acids is 1. The summed E-state index contributed by atoms with van der Waals surface area (Å²) in [6.45, 7) is 0.263. The molecule has 1 aromatic rings. The van der Waals surface area contributed by atoms with Gasteiger partial charge in [-0.1, -0.05) is 55.7 Å². The first kappa shape index (κ1) is 33.4. The minimum atomic E-state index is -4.30. The maximum absolute atomic E-state index is 14.0. The Morgan fingerprint density at radius 2 is 1.67 bits per heavy atom. The Morgan fingerprint density at radius 1 is 1.00 bits per heavy atom. The summed E-state index contributed by atoms with van der Waals surface area (Å²) in [5.41, 5.74) is 5.11. The molecule has 1 aliphatic carbocycles. The fourth-order valence-corrected chi connectivity index (χ4v) is 6.38. The highest BCUT2D eigenvalue weighted by atomic mass is 31.2. The van der Waals surface area contributed by atoms with Crippen molar-refractivity contribution in [3.8, 4) is 0 Å². The van der Waals surface area contributed by atoms with Crippen LogP contribution in [0.4, 0.5) is 0 Å². The zero-order valence-electron chi connectivity index (χ0n) is 23.4. The molecular weight excluding hydrogens is 567 g/mol. The van der Waals surface area contributed by atoms with E-state index in [0.717, 1.165) is 6.42 Å². The Hall–Kier alpha value is -3.09. The van der Waals surface area contributed by atoms with Gasteiger partial charge in [0.2, 0.25) is 17.7 Å². The van der Waals surface area contributed by atoms with Crippen molar-refractivity contribution in [2.24, 2.45) is 11.7 Å². The Balaban J connectivity index is 2.03. The zero-order valence-corrected chi connectivity index (χ0v) is 24.3. The number of nitrogens with one attached hydrogen (secondary N) is 3. The molecule has 1 heterocycles. The van der Waals surface area contributed by atoms with Gasteiger partial charge in [0, 0.05) is 12.5 Å². The van der Waals surface area contributed by atoms with Crippen molar-refractivity contribution in [1.82, 2.24) is 16.0 Å². The van der Waals surface area contributed by atoms with Crippen molar-refractivity contribution >= 4 is 31.3 Å². The molecule has 232 valence electrons. The van der Waals surface area contributed by atoms with Gasteiger partial charge in [-0.25, -0.2) is 0 Å². The lowest BCUT2D eigenvalue weighted by atomic mass is 9.77. The van der Waals surface area contributed by atoms with Gasteiger partial charge in [-0.3, -0.25) is 29.1 Å². The molecule has 1 fully saturated rings. The summed E-state index contributed by atoms with van der Waals surface area (Å²) in [6.07, 6.45) is 4.65. The average molecular weight is 609 g/mol. The van der Waals surface area contributed by atoms with E-state index in [1.165, 1.54) is 12.1 Å². The number of rotatable bonds is 7. The van der Waals surface area contributed by atoms with Crippen LogP contribution in [0.2, 0.25) is 0 Å². The summed E-state index contributed by atoms with van der Waals surface area (Å²) in [5, 5.41) is 29.7. The van der Waals surface area contributed by atoms with Gasteiger partial charge in [-0.05, 0) is 36.8 Å². The topological polar surface area (TPSA) is 228 Å². The van der Waals surface area contributed by atoms with Crippen LogP contribution >= 0.6 is 7.60 Å². The number of nitrogens with two attached hydrogens (primary N) is 1. The van der Waals surface area contributed by atoms with Gasteiger partial charge in [0.15, 0.2) is 0 Å². The van der Waals surface area contributed by atoms with E-state index in [1.807, 2.05) is 0 Å². The fraction of sp³-hybridized carbons (Fsp3) is 0.571. The molecule has 14 heteroatoms. The monoisotopic (exact) mass is 608 g/mol. The van der Waals surface area contributed by atoms with Crippen molar-refractivity contribution in [3.05, 3.63) is 47.5 Å². The van der Waals surface area contributed by atoms with E-state index in [-0.39, 0.29) is 13.0 Å². The highest BCUT2D eigenvalue weighted by Crippen LogP contribution is 2.40. The van der Waals surface area contributed by atoms with Crippen molar-refractivity contribution in [1.29, 1.82) is 0 Å².